The number of hydrogen-bond donors (Lipinski definition) is 1. The molecule has 1 aliphatic heterocycles. The van der Waals surface area contributed by atoms with Gasteiger partial charge in [0, 0.05) is 33.3 Å². The Labute approximate surface area is 377 Å². The fraction of sp³-hybridized carbons (Fsp3) is 0.0159. The van der Waals surface area contributed by atoms with E-state index in [1.54, 1.807) is 0 Å². The van der Waals surface area contributed by atoms with Gasteiger partial charge in [-0.05, 0) is 126 Å². The van der Waals surface area contributed by atoms with Crippen LogP contribution in [0.15, 0.2) is 237 Å². The Kier molecular flexibility index (Phi) is 7.64. The van der Waals surface area contributed by atoms with Crippen molar-refractivity contribution in [3.05, 3.63) is 259 Å². The molecule has 65 heavy (non-hydrogen) atoms. The minimum Gasteiger partial charge on any atom is -0.356 e. The Balaban J connectivity index is 1.05. The maximum Gasteiger partial charge on any atom is 0.0715 e. The second kappa shape index (κ2) is 13.8. The predicted molar refractivity (Wildman–Crippen MR) is 273 cm³/mol. The van der Waals surface area contributed by atoms with E-state index < -0.39 is 5.41 Å². The number of nitrogens with zero attached hydrogens (tertiary/aromatic N) is 1. The third-order valence-corrected chi connectivity index (χ3v) is 14.4. The van der Waals surface area contributed by atoms with Crippen LogP contribution >= 0.6 is 0 Å². The summed E-state index contributed by atoms with van der Waals surface area (Å²) in [6, 6.07) is 88.1. The zero-order valence-electron chi connectivity index (χ0n) is 35.5. The number of benzene rings is 11. The lowest BCUT2D eigenvalue weighted by Gasteiger charge is -2.35. The fourth-order valence-corrected chi connectivity index (χ4v) is 11.5. The molecule has 302 valence electrons. The minimum atomic E-state index is -0.612. The molecule has 0 unspecified atom stereocenters. The van der Waals surface area contributed by atoms with Gasteiger partial charge >= 0.3 is 0 Å². The van der Waals surface area contributed by atoms with Crippen LogP contribution in [0.4, 0.5) is 11.4 Å². The predicted octanol–water partition coefficient (Wildman–Crippen LogP) is 16.5. The molecule has 0 fully saturated rings. The van der Waals surface area contributed by atoms with Crippen LogP contribution in [-0.2, 0) is 5.41 Å². The third-order valence-electron chi connectivity index (χ3n) is 14.4. The van der Waals surface area contributed by atoms with Gasteiger partial charge in [0.2, 0.25) is 0 Å². The van der Waals surface area contributed by atoms with E-state index >= 15 is 0 Å². The van der Waals surface area contributed by atoms with Gasteiger partial charge in [0.25, 0.3) is 0 Å². The maximum atomic E-state index is 3.53. The summed E-state index contributed by atoms with van der Waals surface area (Å²) in [5.74, 6) is 0. The molecule has 11 aromatic carbocycles. The lowest BCUT2D eigenvalue weighted by Crippen LogP contribution is -2.28. The number of para-hydroxylation sites is 3. The first-order chi connectivity index (χ1) is 32.2. The fourth-order valence-electron chi connectivity index (χ4n) is 11.5. The van der Waals surface area contributed by atoms with Crippen molar-refractivity contribution in [1.29, 1.82) is 0 Å². The van der Waals surface area contributed by atoms with Gasteiger partial charge in [-0.25, -0.2) is 0 Å². The van der Waals surface area contributed by atoms with E-state index in [2.05, 4.69) is 240 Å². The molecule has 12 aromatic rings. The number of hydrogen-bond acceptors (Lipinski definition) is 1. The molecule has 0 bridgehead atoms. The molecule has 0 saturated heterocycles. The van der Waals surface area contributed by atoms with Crippen LogP contribution in [0.2, 0.25) is 0 Å². The summed E-state index contributed by atoms with van der Waals surface area (Å²) in [6.45, 7) is 0. The molecule has 0 atom stereocenters. The summed E-state index contributed by atoms with van der Waals surface area (Å²) in [4.78, 5) is 0. The van der Waals surface area contributed by atoms with Gasteiger partial charge in [-0.3, -0.25) is 0 Å². The highest BCUT2D eigenvalue weighted by Crippen LogP contribution is 2.64. The average molecular weight is 825 g/mol. The second-order valence-electron chi connectivity index (χ2n) is 17.7. The molecule has 0 radical (unpaired) electrons. The van der Waals surface area contributed by atoms with E-state index in [1.807, 2.05) is 6.07 Å². The van der Waals surface area contributed by atoms with Gasteiger partial charge in [-0.2, -0.15) is 0 Å². The normalized spacial score (nSPS) is 13.0. The molecule has 1 aromatic heterocycles. The van der Waals surface area contributed by atoms with Gasteiger partial charge in [-0.15, -0.1) is 0 Å². The van der Waals surface area contributed by atoms with Gasteiger partial charge < -0.3 is 9.88 Å². The zero-order chi connectivity index (χ0) is 42.6. The first kappa shape index (κ1) is 36.1. The summed E-state index contributed by atoms with van der Waals surface area (Å²) in [5, 5.41) is 11.0. The van der Waals surface area contributed by atoms with E-state index in [-0.39, 0.29) is 0 Å². The maximum absolute atomic E-state index is 3.53. The molecule has 0 spiro atoms. The highest BCUT2D eigenvalue weighted by molar-refractivity contribution is 6.20. The van der Waals surface area contributed by atoms with Crippen molar-refractivity contribution in [3.8, 4) is 50.2 Å². The quantitative estimate of drug-likeness (QED) is 0.177. The topological polar surface area (TPSA) is 17.0 Å². The Morgan fingerprint density at radius 1 is 0.338 bits per heavy atom. The minimum absolute atomic E-state index is 0.612. The standard InChI is InChI=1S/C63H40N2/c1-2-16-49(17-3-1)64-50-32-28-43(29-33-50)42-22-24-44(25-23-42)51-34-36-55-60-59(51)54-19-9-11-21-58(54)65-57-20-10-8-18-52(57)53-35-37-56(61(60)62(53)65)63(55,47-30-26-40-12-4-6-14-45(40)38-47)48-31-27-41-13-5-7-15-46(41)39-48/h1-39,64H. The Morgan fingerprint density at radius 3 is 1.62 bits per heavy atom. The largest absolute Gasteiger partial charge is 0.356 e. The van der Waals surface area contributed by atoms with Crippen LogP contribution in [0.3, 0.4) is 0 Å². The summed E-state index contributed by atoms with van der Waals surface area (Å²) in [6.07, 6.45) is 0. The summed E-state index contributed by atoms with van der Waals surface area (Å²) in [7, 11) is 0. The molecular weight excluding hydrogens is 785 g/mol. The smallest absolute Gasteiger partial charge is 0.0715 e. The lowest BCUT2D eigenvalue weighted by molar-refractivity contribution is 0.772. The Hall–Kier alpha value is -8.46. The van der Waals surface area contributed by atoms with Crippen molar-refractivity contribution >= 4 is 54.7 Å². The van der Waals surface area contributed by atoms with Crippen molar-refractivity contribution < 1.29 is 0 Å². The monoisotopic (exact) mass is 824 g/mol. The first-order valence-electron chi connectivity index (χ1n) is 22.6. The number of aromatic nitrogens is 1. The van der Waals surface area contributed by atoms with E-state index in [4.69, 9.17) is 0 Å². The SMILES string of the molecule is c1ccc(Nc2ccc(-c3ccc(-c4ccc5c6c4-c4ccccc4-n4c7ccccc7c7ccc(c-6c74)C5(c4ccc5ccccc5c4)c4ccc5ccccc5c4)cc3)cc2)cc1. The Bertz CT molecular complexity index is 3810. The van der Waals surface area contributed by atoms with Crippen molar-refractivity contribution in [2.24, 2.45) is 0 Å². The molecular formula is C63H40N2. The molecule has 14 rings (SSSR count). The van der Waals surface area contributed by atoms with Gasteiger partial charge in [0.15, 0.2) is 0 Å². The van der Waals surface area contributed by atoms with Crippen molar-refractivity contribution in [2.75, 3.05) is 5.32 Å². The molecule has 0 amide bonds. The van der Waals surface area contributed by atoms with Gasteiger partial charge in [0.05, 0.1) is 22.1 Å². The number of anilines is 2. The lowest BCUT2D eigenvalue weighted by atomic mass is 9.66. The van der Waals surface area contributed by atoms with Crippen LogP contribution in [-0.4, -0.2) is 4.57 Å². The van der Waals surface area contributed by atoms with Crippen LogP contribution in [0.5, 0.6) is 0 Å². The number of nitrogens with one attached hydrogen (secondary N) is 1. The molecule has 0 saturated carbocycles. The summed E-state index contributed by atoms with van der Waals surface area (Å²) < 4.78 is 2.57. The van der Waals surface area contributed by atoms with Gasteiger partial charge in [-0.1, -0.05) is 188 Å². The van der Waals surface area contributed by atoms with Crippen molar-refractivity contribution in [2.45, 2.75) is 5.41 Å². The van der Waals surface area contributed by atoms with E-state index in [1.165, 1.54) is 116 Å². The Morgan fingerprint density at radius 2 is 0.892 bits per heavy atom. The molecule has 2 nitrogen and oxygen atoms in total. The van der Waals surface area contributed by atoms with Crippen LogP contribution < -0.4 is 5.32 Å². The van der Waals surface area contributed by atoms with E-state index in [0.29, 0.717) is 0 Å². The summed E-state index contributed by atoms with van der Waals surface area (Å²) in [5.41, 5.74) is 20.4. The van der Waals surface area contributed by atoms with E-state index in [9.17, 15) is 0 Å². The van der Waals surface area contributed by atoms with Crippen LogP contribution in [0.25, 0.3) is 93.5 Å². The number of rotatable bonds is 6. The first-order valence-corrected chi connectivity index (χ1v) is 22.6. The van der Waals surface area contributed by atoms with Crippen LogP contribution in [0.1, 0.15) is 22.3 Å². The average Bonchev–Trinajstić information content (AvgIpc) is 3.82. The zero-order valence-corrected chi connectivity index (χ0v) is 35.5. The van der Waals surface area contributed by atoms with Gasteiger partial charge in [0.1, 0.15) is 0 Å². The molecule has 1 N–H and O–H groups in total. The van der Waals surface area contributed by atoms with Crippen LogP contribution in [0, 0.1) is 0 Å². The second-order valence-corrected chi connectivity index (χ2v) is 17.7. The highest BCUT2D eigenvalue weighted by Gasteiger charge is 2.50. The summed E-state index contributed by atoms with van der Waals surface area (Å²) >= 11 is 0. The van der Waals surface area contributed by atoms with E-state index in [0.717, 1.165) is 11.4 Å². The number of fused-ring (bicyclic) bond motifs is 8. The molecule has 1 aliphatic carbocycles. The van der Waals surface area contributed by atoms with Crippen molar-refractivity contribution in [1.82, 2.24) is 4.57 Å². The molecule has 2 heteroatoms. The van der Waals surface area contributed by atoms with Crippen molar-refractivity contribution in [3.63, 3.8) is 0 Å². The molecule has 2 heterocycles. The highest BCUT2D eigenvalue weighted by atomic mass is 15.0. The molecule has 2 aliphatic rings. The third kappa shape index (κ3) is 5.17.